The molecule has 1 amide bonds. The Labute approximate surface area is 170 Å². The van der Waals surface area contributed by atoms with Crippen LogP contribution in [0.15, 0.2) is 24.4 Å². The molecule has 0 spiro atoms. The number of carbonyl (C=O) groups is 1. The minimum absolute atomic E-state index is 0.0166. The van der Waals surface area contributed by atoms with Crippen LogP contribution in [0.5, 0.6) is 0 Å². The van der Waals surface area contributed by atoms with Crippen molar-refractivity contribution in [1.82, 2.24) is 9.97 Å². The molecule has 2 atom stereocenters. The van der Waals surface area contributed by atoms with Gasteiger partial charge in [0.2, 0.25) is 11.9 Å². The Morgan fingerprint density at radius 3 is 2.66 bits per heavy atom. The monoisotopic (exact) mass is 428 g/mol. The summed E-state index contributed by atoms with van der Waals surface area (Å²) < 4.78 is 39.9. The highest BCUT2D eigenvalue weighted by Gasteiger charge is 2.34. The summed E-state index contributed by atoms with van der Waals surface area (Å²) in [6.45, 7) is 0. The third-order valence-corrected chi connectivity index (χ3v) is 5.07. The maximum Gasteiger partial charge on any atom is 0.418 e. The molecular formula is C18H20ClF3N6O. The van der Waals surface area contributed by atoms with Crippen LogP contribution in [-0.4, -0.2) is 21.9 Å². The summed E-state index contributed by atoms with van der Waals surface area (Å²) in [4.78, 5) is 19.8. The van der Waals surface area contributed by atoms with E-state index in [2.05, 4.69) is 20.6 Å². The fourth-order valence-electron chi connectivity index (χ4n) is 3.37. The van der Waals surface area contributed by atoms with Crippen molar-refractivity contribution in [3.05, 3.63) is 35.0 Å². The van der Waals surface area contributed by atoms with Crippen LogP contribution in [0.4, 0.5) is 36.3 Å². The maximum absolute atomic E-state index is 13.3. The molecule has 0 radical (unpaired) electrons. The minimum atomic E-state index is -4.61. The lowest BCUT2D eigenvalue weighted by Crippen LogP contribution is -2.40. The average Bonchev–Trinajstić information content (AvgIpc) is 2.65. The van der Waals surface area contributed by atoms with Gasteiger partial charge in [0, 0.05) is 11.7 Å². The molecule has 0 aliphatic heterocycles. The van der Waals surface area contributed by atoms with E-state index in [0.29, 0.717) is 12.8 Å². The van der Waals surface area contributed by atoms with E-state index >= 15 is 0 Å². The summed E-state index contributed by atoms with van der Waals surface area (Å²) in [7, 11) is 0. The molecule has 2 aromatic rings. The number of hydrogen-bond donors (Lipinski definition) is 4. The van der Waals surface area contributed by atoms with E-state index in [1.165, 1.54) is 18.3 Å². The number of aromatic nitrogens is 2. The van der Waals surface area contributed by atoms with Crippen LogP contribution >= 0.6 is 11.6 Å². The molecule has 3 rings (SSSR count). The molecule has 1 aliphatic carbocycles. The van der Waals surface area contributed by atoms with Crippen LogP contribution in [0.1, 0.15) is 31.2 Å². The summed E-state index contributed by atoms with van der Waals surface area (Å²) >= 11 is 6.14. The van der Waals surface area contributed by atoms with Crippen LogP contribution in [0.25, 0.3) is 0 Å². The van der Waals surface area contributed by atoms with Gasteiger partial charge in [0.25, 0.3) is 0 Å². The van der Waals surface area contributed by atoms with E-state index in [9.17, 15) is 18.0 Å². The van der Waals surface area contributed by atoms with Gasteiger partial charge in [-0.2, -0.15) is 18.2 Å². The quantitative estimate of drug-likeness (QED) is 0.536. The number of anilines is 4. The Morgan fingerprint density at radius 1 is 1.24 bits per heavy atom. The fraction of sp³-hybridized carbons (Fsp3) is 0.389. The summed E-state index contributed by atoms with van der Waals surface area (Å²) in [6, 6.07) is 3.11. The number of nitrogens with zero attached hydrogens (tertiary/aromatic N) is 2. The largest absolute Gasteiger partial charge is 0.418 e. The standard InChI is InChI=1S/C18H20ClF3N6O/c19-12-8-25-17(27-14-6-5-9(23)7-11(14)18(20,21)22)28-16(12)26-13-4-2-1-3-10(13)15(24)29/h5-8,10,13H,1-4,23H2,(H2,24,29)(H2,25,26,27,28)/t10-,13+/m0/s1. The zero-order chi connectivity index (χ0) is 21.2. The van der Waals surface area contributed by atoms with Crippen molar-refractivity contribution in [3.63, 3.8) is 0 Å². The van der Waals surface area contributed by atoms with E-state index in [4.69, 9.17) is 23.1 Å². The zero-order valence-electron chi connectivity index (χ0n) is 15.3. The number of nitrogen functional groups attached to an aromatic ring is 1. The second-order valence-corrected chi connectivity index (χ2v) is 7.27. The van der Waals surface area contributed by atoms with Crippen molar-refractivity contribution in [2.24, 2.45) is 11.7 Å². The van der Waals surface area contributed by atoms with Gasteiger partial charge in [0.1, 0.15) is 5.02 Å². The molecule has 156 valence electrons. The summed E-state index contributed by atoms with van der Waals surface area (Å²) in [6.07, 6.45) is -0.176. The van der Waals surface area contributed by atoms with Gasteiger partial charge < -0.3 is 22.1 Å². The summed E-state index contributed by atoms with van der Waals surface area (Å²) in [5.74, 6) is -0.660. The van der Waals surface area contributed by atoms with E-state index < -0.39 is 17.6 Å². The van der Waals surface area contributed by atoms with Crippen molar-refractivity contribution in [2.45, 2.75) is 37.9 Å². The normalized spacial score (nSPS) is 19.6. The number of alkyl halides is 3. The van der Waals surface area contributed by atoms with Crippen molar-refractivity contribution in [2.75, 3.05) is 16.4 Å². The molecule has 1 heterocycles. The summed E-state index contributed by atoms with van der Waals surface area (Å²) in [5.41, 5.74) is 9.76. The number of benzene rings is 1. The van der Waals surface area contributed by atoms with Gasteiger partial charge in [0.05, 0.1) is 23.4 Å². The number of halogens is 4. The molecule has 7 nitrogen and oxygen atoms in total. The zero-order valence-corrected chi connectivity index (χ0v) is 16.0. The van der Waals surface area contributed by atoms with Crippen molar-refractivity contribution in [3.8, 4) is 0 Å². The van der Waals surface area contributed by atoms with Gasteiger partial charge in [-0.3, -0.25) is 4.79 Å². The first kappa shape index (κ1) is 21.0. The van der Waals surface area contributed by atoms with Crippen LogP contribution in [0.2, 0.25) is 5.02 Å². The second kappa shape index (κ2) is 8.32. The number of nitrogens with one attached hydrogen (secondary N) is 2. The Balaban J connectivity index is 1.86. The topological polar surface area (TPSA) is 119 Å². The molecule has 1 aromatic carbocycles. The molecule has 6 N–H and O–H groups in total. The smallest absolute Gasteiger partial charge is 0.399 e. The van der Waals surface area contributed by atoms with Gasteiger partial charge >= 0.3 is 6.18 Å². The number of amides is 1. The van der Waals surface area contributed by atoms with Gasteiger partial charge in [-0.1, -0.05) is 24.4 Å². The molecule has 0 saturated heterocycles. The molecule has 11 heteroatoms. The highest BCUT2D eigenvalue weighted by atomic mass is 35.5. The number of hydrogen-bond acceptors (Lipinski definition) is 6. The average molecular weight is 429 g/mol. The lowest BCUT2D eigenvalue weighted by molar-refractivity contribution is -0.136. The van der Waals surface area contributed by atoms with Crippen LogP contribution < -0.4 is 22.1 Å². The predicted octanol–water partition coefficient (Wildman–Crippen LogP) is 3.93. The molecule has 1 fully saturated rings. The lowest BCUT2D eigenvalue weighted by atomic mass is 9.84. The number of rotatable bonds is 5. The third kappa shape index (κ3) is 5.00. The lowest BCUT2D eigenvalue weighted by Gasteiger charge is -2.30. The molecule has 1 aromatic heterocycles. The van der Waals surface area contributed by atoms with Gasteiger partial charge in [0.15, 0.2) is 5.82 Å². The van der Waals surface area contributed by atoms with Crippen molar-refractivity contribution in [1.29, 1.82) is 0 Å². The Morgan fingerprint density at radius 2 is 1.97 bits per heavy atom. The van der Waals surface area contributed by atoms with E-state index in [1.54, 1.807) is 0 Å². The maximum atomic E-state index is 13.3. The van der Waals surface area contributed by atoms with E-state index in [-0.39, 0.29) is 40.1 Å². The van der Waals surface area contributed by atoms with Gasteiger partial charge in [-0.05, 0) is 31.0 Å². The molecule has 1 aliphatic rings. The highest BCUT2D eigenvalue weighted by molar-refractivity contribution is 6.32. The predicted molar refractivity (Wildman–Crippen MR) is 105 cm³/mol. The molecule has 29 heavy (non-hydrogen) atoms. The summed E-state index contributed by atoms with van der Waals surface area (Å²) in [5, 5.41) is 5.83. The van der Waals surface area contributed by atoms with Crippen LogP contribution in [-0.2, 0) is 11.0 Å². The van der Waals surface area contributed by atoms with Crippen LogP contribution in [0, 0.1) is 5.92 Å². The molecule has 0 unspecified atom stereocenters. The Hall–Kier alpha value is -2.75. The van der Waals surface area contributed by atoms with E-state index in [1.807, 2.05) is 0 Å². The van der Waals surface area contributed by atoms with Crippen LogP contribution in [0.3, 0.4) is 0 Å². The van der Waals surface area contributed by atoms with Gasteiger partial charge in [-0.25, -0.2) is 4.98 Å². The molecule has 1 saturated carbocycles. The number of carbonyl (C=O) groups excluding carboxylic acids is 1. The van der Waals surface area contributed by atoms with Gasteiger partial charge in [-0.15, -0.1) is 0 Å². The molecule has 0 bridgehead atoms. The SMILES string of the molecule is NC(=O)[C@H]1CCCC[C@H]1Nc1nc(Nc2ccc(N)cc2C(F)(F)F)ncc1Cl. The second-order valence-electron chi connectivity index (χ2n) is 6.86. The highest BCUT2D eigenvalue weighted by Crippen LogP contribution is 2.37. The number of primary amides is 1. The minimum Gasteiger partial charge on any atom is -0.399 e. The van der Waals surface area contributed by atoms with Crippen molar-refractivity contribution >= 4 is 40.6 Å². The first-order valence-corrected chi connectivity index (χ1v) is 9.35. The van der Waals surface area contributed by atoms with E-state index in [0.717, 1.165) is 18.9 Å². The Kier molecular flexibility index (Phi) is 6.02. The van der Waals surface area contributed by atoms with Crippen molar-refractivity contribution < 1.29 is 18.0 Å². The fourth-order valence-corrected chi connectivity index (χ4v) is 3.52. The molecular weight excluding hydrogens is 409 g/mol. The first-order valence-electron chi connectivity index (χ1n) is 8.97. The number of nitrogens with two attached hydrogens (primary N) is 2. The Bertz CT molecular complexity index is 908. The third-order valence-electron chi connectivity index (χ3n) is 4.79. The first-order chi connectivity index (χ1) is 13.6.